The number of hydrogen-bond donors (Lipinski definition) is 1. The van der Waals surface area contributed by atoms with Crippen LogP contribution in [0, 0.1) is 17.5 Å². The molecule has 0 fully saturated rings. The molecule has 1 atom stereocenters. The average Bonchev–Trinajstić information content (AvgIpc) is 2.35. The molecule has 1 N–H and O–H groups in total. The average molecular weight is 251 g/mol. The summed E-state index contributed by atoms with van der Waals surface area (Å²) < 4.78 is 40.0. The molecule has 4 heteroatoms. The summed E-state index contributed by atoms with van der Waals surface area (Å²) in [6, 6.07) is 8.76. The zero-order valence-corrected chi connectivity index (χ0v) is 9.75. The first-order valence-corrected chi connectivity index (χ1v) is 5.54. The lowest BCUT2D eigenvalue weighted by atomic mass is 10.1. The maximum Gasteiger partial charge on any atom is 0.146 e. The molecule has 0 bridgehead atoms. The largest absolute Gasteiger partial charge is 0.376 e. The van der Waals surface area contributed by atoms with Crippen LogP contribution in [0.15, 0.2) is 42.5 Å². The standard InChI is InChI=1S/C14H12F3N/c1-9(11-8-10(15)6-7-12(11)16)18-14-5-3-2-4-13(14)17/h2-9,18H,1H3. The van der Waals surface area contributed by atoms with Gasteiger partial charge in [-0.2, -0.15) is 0 Å². The van der Waals surface area contributed by atoms with Crippen molar-refractivity contribution in [3.63, 3.8) is 0 Å². The SMILES string of the molecule is CC(Nc1ccccc1F)c1cc(F)ccc1F. The van der Waals surface area contributed by atoms with Gasteiger partial charge in [-0.05, 0) is 37.3 Å². The van der Waals surface area contributed by atoms with Gasteiger partial charge in [0, 0.05) is 5.56 Å². The van der Waals surface area contributed by atoms with Gasteiger partial charge in [0.15, 0.2) is 0 Å². The molecule has 0 saturated carbocycles. The lowest BCUT2D eigenvalue weighted by Crippen LogP contribution is -2.10. The Labute approximate surface area is 103 Å². The monoisotopic (exact) mass is 251 g/mol. The first kappa shape index (κ1) is 12.5. The maximum atomic E-state index is 13.5. The molecule has 0 aromatic heterocycles. The molecule has 2 rings (SSSR count). The van der Waals surface area contributed by atoms with Gasteiger partial charge < -0.3 is 5.32 Å². The molecule has 0 aliphatic heterocycles. The molecule has 0 spiro atoms. The fraction of sp³-hybridized carbons (Fsp3) is 0.143. The van der Waals surface area contributed by atoms with Crippen molar-refractivity contribution < 1.29 is 13.2 Å². The van der Waals surface area contributed by atoms with Crippen molar-refractivity contribution in [2.24, 2.45) is 0 Å². The normalized spacial score (nSPS) is 12.2. The lowest BCUT2D eigenvalue weighted by molar-refractivity contribution is 0.575. The Morgan fingerprint density at radius 2 is 1.67 bits per heavy atom. The Morgan fingerprint density at radius 3 is 2.39 bits per heavy atom. The molecule has 2 aromatic carbocycles. The van der Waals surface area contributed by atoms with Crippen molar-refractivity contribution in [1.82, 2.24) is 0 Å². The Hall–Kier alpha value is -1.97. The lowest BCUT2D eigenvalue weighted by Gasteiger charge is -2.16. The van der Waals surface area contributed by atoms with Gasteiger partial charge in [0.05, 0.1) is 11.7 Å². The van der Waals surface area contributed by atoms with Crippen molar-refractivity contribution in [3.8, 4) is 0 Å². The van der Waals surface area contributed by atoms with Crippen molar-refractivity contribution in [3.05, 3.63) is 65.5 Å². The summed E-state index contributed by atoms with van der Waals surface area (Å²) in [5.41, 5.74) is 0.423. The molecular weight excluding hydrogens is 239 g/mol. The number of halogens is 3. The molecule has 0 saturated heterocycles. The van der Waals surface area contributed by atoms with Gasteiger partial charge in [-0.1, -0.05) is 12.1 Å². The second kappa shape index (κ2) is 5.12. The van der Waals surface area contributed by atoms with Crippen molar-refractivity contribution >= 4 is 5.69 Å². The van der Waals surface area contributed by atoms with E-state index in [2.05, 4.69) is 5.32 Å². The molecule has 94 valence electrons. The number of rotatable bonds is 3. The summed E-state index contributed by atoms with van der Waals surface area (Å²) in [5, 5.41) is 2.81. The van der Waals surface area contributed by atoms with Crippen LogP contribution >= 0.6 is 0 Å². The van der Waals surface area contributed by atoms with Crippen molar-refractivity contribution in [2.75, 3.05) is 5.32 Å². The zero-order chi connectivity index (χ0) is 13.1. The highest BCUT2D eigenvalue weighted by Gasteiger charge is 2.13. The van der Waals surface area contributed by atoms with E-state index in [1.807, 2.05) is 0 Å². The first-order valence-electron chi connectivity index (χ1n) is 5.54. The smallest absolute Gasteiger partial charge is 0.146 e. The molecule has 1 unspecified atom stereocenters. The Kier molecular flexibility index (Phi) is 3.55. The molecule has 0 heterocycles. The summed E-state index contributed by atoms with van der Waals surface area (Å²) in [7, 11) is 0. The van der Waals surface area contributed by atoms with E-state index in [9.17, 15) is 13.2 Å². The van der Waals surface area contributed by atoms with E-state index >= 15 is 0 Å². The van der Waals surface area contributed by atoms with Gasteiger partial charge >= 0.3 is 0 Å². The zero-order valence-electron chi connectivity index (χ0n) is 9.75. The van der Waals surface area contributed by atoms with Gasteiger partial charge in [0.2, 0.25) is 0 Å². The number of para-hydroxylation sites is 1. The Morgan fingerprint density at radius 1 is 0.944 bits per heavy atom. The molecule has 2 aromatic rings. The fourth-order valence-corrected chi connectivity index (χ4v) is 1.74. The Bertz CT molecular complexity index is 554. The van der Waals surface area contributed by atoms with Crippen LogP contribution in [0.25, 0.3) is 0 Å². The Balaban J connectivity index is 2.25. The highest BCUT2D eigenvalue weighted by atomic mass is 19.1. The van der Waals surface area contributed by atoms with E-state index in [4.69, 9.17) is 0 Å². The van der Waals surface area contributed by atoms with E-state index in [1.54, 1.807) is 25.1 Å². The molecular formula is C14H12F3N. The molecule has 0 amide bonds. The van der Waals surface area contributed by atoms with Crippen LogP contribution in [0.2, 0.25) is 0 Å². The second-order valence-corrected chi connectivity index (χ2v) is 4.01. The van der Waals surface area contributed by atoms with Gasteiger partial charge in [0.1, 0.15) is 17.5 Å². The van der Waals surface area contributed by atoms with Crippen LogP contribution < -0.4 is 5.32 Å². The van der Waals surface area contributed by atoms with Gasteiger partial charge in [-0.3, -0.25) is 0 Å². The summed E-state index contributed by atoms with van der Waals surface area (Å²) in [4.78, 5) is 0. The molecule has 0 aliphatic carbocycles. The second-order valence-electron chi connectivity index (χ2n) is 4.01. The van der Waals surface area contributed by atoms with Crippen LogP contribution in [0.4, 0.5) is 18.9 Å². The minimum Gasteiger partial charge on any atom is -0.376 e. The van der Waals surface area contributed by atoms with E-state index in [-0.39, 0.29) is 11.3 Å². The minimum atomic E-state index is -0.530. The molecule has 1 nitrogen and oxygen atoms in total. The quantitative estimate of drug-likeness (QED) is 0.858. The highest BCUT2D eigenvalue weighted by Crippen LogP contribution is 2.23. The van der Waals surface area contributed by atoms with Crippen LogP contribution in [0.5, 0.6) is 0 Å². The molecule has 18 heavy (non-hydrogen) atoms. The predicted molar refractivity (Wildman–Crippen MR) is 64.8 cm³/mol. The highest BCUT2D eigenvalue weighted by molar-refractivity contribution is 5.46. The van der Waals surface area contributed by atoms with Crippen molar-refractivity contribution in [2.45, 2.75) is 13.0 Å². The topological polar surface area (TPSA) is 12.0 Å². The van der Waals surface area contributed by atoms with E-state index in [0.717, 1.165) is 18.2 Å². The summed E-state index contributed by atoms with van der Waals surface area (Å²) in [6.07, 6.45) is 0. The van der Waals surface area contributed by atoms with Gasteiger partial charge in [0.25, 0.3) is 0 Å². The fourth-order valence-electron chi connectivity index (χ4n) is 1.74. The van der Waals surface area contributed by atoms with E-state index < -0.39 is 23.5 Å². The predicted octanol–water partition coefficient (Wildman–Crippen LogP) is 4.28. The van der Waals surface area contributed by atoms with E-state index in [0.29, 0.717) is 0 Å². The first-order chi connectivity index (χ1) is 8.58. The van der Waals surface area contributed by atoms with E-state index in [1.165, 1.54) is 6.07 Å². The number of anilines is 1. The molecule has 0 radical (unpaired) electrons. The third-order valence-corrected chi connectivity index (χ3v) is 2.67. The minimum absolute atomic E-state index is 0.165. The van der Waals surface area contributed by atoms with Crippen molar-refractivity contribution in [1.29, 1.82) is 0 Å². The van der Waals surface area contributed by atoms with Crippen LogP contribution in [-0.2, 0) is 0 Å². The third kappa shape index (κ3) is 2.64. The summed E-state index contributed by atoms with van der Waals surface area (Å²) >= 11 is 0. The number of nitrogens with one attached hydrogen (secondary N) is 1. The van der Waals surface area contributed by atoms with Crippen LogP contribution in [0.1, 0.15) is 18.5 Å². The van der Waals surface area contributed by atoms with Gasteiger partial charge in [-0.15, -0.1) is 0 Å². The van der Waals surface area contributed by atoms with Crippen LogP contribution in [0.3, 0.4) is 0 Å². The maximum absolute atomic E-state index is 13.5. The number of hydrogen-bond acceptors (Lipinski definition) is 1. The van der Waals surface area contributed by atoms with Gasteiger partial charge in [-0.25, -0.2) is 13.2 Å². The summed E-state index contributed by atoms with van der Waals surface area (Å²) in [5.74, 6) is -1.47. The third-order valence-electron chi connectivity index (χ3n) is 2.67. The van der Waals surface area contributed by atoms with Crippen LogP contribution in [-0.4, -0.2) is 0 Å². The molecule has 0 aliphatic rings. The summed E-state index contributed by atoms with van der Waals surface area (Å²) in [6.45, 7) is 1.64. The number of benzene rings is 2.